The Hall–Kier alpha value is -0.940. The number of rotatable bonds is 3. The molecule has 0 saturated heterocycles. The number of nitrogens with zero attached hydrogens (tertiary/aromatic N) is 1. The molecule has 3 nitrogen and oxygen atoms in total. The molecule has 0 bridgehead atoms. The van der Waals surface area contributed by atoms with Gasteiger partial charge in [0.2, 0.25) is 0 Å². The van der Waals surface area contributed by atoms with E-state index in [-0.39, 0.29) is 16.5 Å². The molecule has 0 spiro atoms. The van der Waals surface area contributed by atoms with Crippen LogP contribution in [0, 0.1) is 0 Å². The topological polar surface area (TPSA) is 39.2 Å². The van der Waals surface area contributed by atoms with Crippen molar-refractivity contribution in [2.24, 2.45) is 0 Å². The van der Waals surface area contributed by atoms with E-state index in [1.807, 2.05) is 0 Å². The summed E-state index contributed by atoms with van der Waals surface area (Å²) in [4.78, 5) is 14.3. The van der Waals surface area contributed by atoms with Gasteiger partial charge in [-0.2, -0.15) is 0 Å². The number of methoxy groups -OCH3 is 1. The maximum Gasteiger partial charge on any atom is 0.280 e. The fourth-order valence-corrected chi connectivity index (χ4v) is 1.39. The molecule has 0 fully saturated rings. The lowest BCUT2D eigenvalue weighted by Gasteiger charge is -2.08. The molecule has 15 heavy (non-hydrogen) atoms. The molecule has 82 valence electrons. The van der Waals surface area contributed by atoms with Gasteiger partial charge in [0.25, 0.3) is 11.7 Å². The Morgan fingerprint density at radius 3 is 2.60 bits per heavy atom. The van der Waals surface area contributed by atoms with Gasteiger partial charge in [0.05, 0.1) is 12.7 Å². The van der Waals surface area contributed by atoms with Crippen molar-refractivity contribution in [1.82, 2.24) is 4.98 Å². The standard InChI is InChI=1S/C8H5Cl2F2NO2/c1-15-5-3(7(10)14)2-4(8(11)12)13-6(5)9/h2,8H,1H3. The molecule has 0 aliphatic rings. The third-order valence-corrected chi connectivity index (χ3v) is 2.05. The van der Waals surface area contributed by atoms with E-state index in [0.29, 0.717) is 0 Å². The molecule has 0 amide bonds. The molecule has 0 aromatic carbocycles. The lowest BCUT2D eigenvalue weighted by molar-refractivity contribution is 0.107. The van der Waals surface area contributed by atoms with Crippen molar-refractivity contribution in [3.63, 3.8) is 0 Å². The van der Waals surface area contributed by atoms with Crippen LogP contribution in [0.5, 0.6) is 5.75 Å². The first-order chi connectivity index (χ1) is 6.97. The number of alkyl halides is 2. The van der Waals surface area contributed by atoms with Crippen molar-refractivity contribution in [2.45, 2.75) is 6.43 Å². The van der Waals surface area contributed by atoms with Gasteiger partial charge in [-0.3, -0.25) is 4.79 Å². The number of pyridine rings is 1. The van der Waals surface area contributed by atoms with Crippen LogP contribution < -0.4 is 4.74 Å². The SMILES string of the molecule is COc1c(C(=O)Cl)cc(C(F)F)nc1Cl. The third-order valence-electron chi connectivity index (χ3n) is 1.59. The smallest absolute Gasteiger partial charge is 0.280 e. The van der Waals surface area contributed by atoms with E-state index >= 15 is 0 Å². The highest BCUT2D eigenvalue weighted by atomic mass is 35.5. The van der Waals surface area contributed by atoms with Crippen LogP contribution in [-0.2, 0) is 0 Å². The lowest BCUT2D eigenvalue weighted by Crippen LogP contribution is -2.01. The molecule has 0 aliphatic heterocycles. The molecule has 0 unspecified atom stereocenters. The van der Waals surface area contributed by atoms with Gasteiger partial charge >= 0.3 is 0 Å². The molecular formula is C8H5Cl2F2NO2. The Morgan fingerprint density at radius 2 is 2.20 bits per heavy atom. The predicted octanol–water partition coefficient (Wildman–Crippen LogP) is 3.06. The van der Waals surface area contributed by atoms with Crippen molar-refractivity contribution >= 4 is 28.4 Å². The first-order valence-electron chi connectivity index (χ1n) is 3.69. The van der Waals surface area contributed by atoms with Crippen molar-refractivity contribution in [3.05, 3.63) is 22.5 Å². The van der Waals surface area contributed by atoms with Gasteiger partial charge < -0.3 is 4.74 Å². The van der Waals surface area contributed by atoms with Gasteiger partial charge in [0.1, 0.15) is 5.69 Å². The average molecular weight is 256 g/mol. The van der Waals surface area contributed by atoms with E-state index in [9.17, 15) is 13.6 Å². The van der Waals surface area contributed by atoms with Gasteiger partial charge in [0, 0.05) is 0 Å². The molecule has 0 atom stereocenters. The number of hydrogen-bond donors (Lipinski definition) is 0. The monoisotopic (exact) mass is 255 g/mol. The average Bonchev–Trinajstić information content (AvgIpc) is 2.16. The third kappa shape index (κ3) is 2.54. The molecule has 7 heteroatoms. The minimum Gasteiger partial charge on any atom is -0.493 e. The molecular weight excluding hydrogens is 251 g/mol. The number of carbonyl (C=O) groups excluding carboxylic acids is 1. The maximum atomic E-state index is 12.3. The Balaban J connectivity index is 3.38. The highest BCUT2D eigenvalue weighted by Crippen LogP contribution is 2.31. The van der Waals surface area contributed by atoms with Crippen molar-refractivity contribution in [2.75, 3.05) is 7.11 Å². The van der Waals surface area contributed by atoms with E-state index in [2.05, 4.69) is 4.98 Å². The predicted molar refractivity (Wildman–Crippen MR) is 50.9 cm³/mol. The molecule has 1 aromatic rings. The number of aromatic nitrogens is 1. The van der Waals surface area contributed by atoms with Gasteiger partial charge in [-0.1, -0.05) is 11.6 Å². The van der Waals surface area contributed by atoms with Crippen molar-refractivity contribution in [1.29, 1.82) is 0 Å². The summed E-state index contributed by atoms with van der Waals surface area (Å²) < 4.78 is 29.3. The molecule has 0 aliphatic carbocycles. The first-order valence-corrected chi connectivity index (χ1v) is 4.45. The van der Waals surface area contributed by atoms with E-state index in [4.69, 9.17) is 27.9 Å². The zero-order chi connectivity index (χ0) is 11.6. The second-order valence-electron chi connectivity index (χ2n) is 2.49. The van der Waals surface area contributed by atoms with E-state index < -0.39 is 17.4 Å². The largest absolute Gasteiger partial charge is 0.493 e. The zero-order valence-corrected chi connectivity index (χ0v) is 8.94. The van der Waals surface area contributed by atoms with Crippen molar-refractivity contribution < 1.29 is 18.3 Å². The summed E-state index contributed by atoms with van der Waals surface area (Å²) in [5, 5.41) is -1.25. The fourth-order valence-electron chi connectivity index (χ4n) is 0.973. The van der Waals surface area contributed by atoms with Gasteiger partial charge in [0.15, 0.2) is 10.9 Å². The minimum absolute atomic E-state index is 0.110. The molecule has 1 aromatic heterocycles. The highest BCUT2D eigenvalue weighted by molar-refractivity contribution is 6.68. The summed E-state index contributed by atoms with van der Waals surface area (Å²) in [6.07, 6.45) is -2.83. The lowest BCUT2D eigenvalue weighted by atomic mass is 10.2. The van der Waals surface area contributed by atoms with Crippen LogP contribution >= 0.6 is 23.2 Å². The second-order valence-corrected chi connectivity index (χ2v) is 3.19. The first kappa shape index (κ1) is 12.1. The molecule has 1 rings (SSSR count). The van der Waals surface area contributed by atoms with Crippen LogP contribution in [0.1, 0.15) is 22.5 Å². The Labute approximate surface area is 94.0 Å². The maximum absolute atomic E-state index is 12.3. The van der Waals surface area contributed by atoms with E-state index in [1.165, 1.54) is 7.11 Å². The van der Waals surface area contributed by atoms with Crippen LogP contribution in [0.2, 0.25) is 5.15 Å². The van der Waals surface area contributed by atoms with Crippen LogP contribution in [-0.4, -0.2) is 17.3 Å². The van der Waals surface area contributed by atoms with Crippen LogP contribution in [0.25, 0.3) is 0 Å². The van der Waals surface area contributed by atoms with E-state index in [0.717, 1.165) is 6.07 Å². The van der Waals surface area contributed by atoms with Crippen LogP contribution in [0.15, 0.2) is 6.07 Å². The van der Waals surface area contributed by atoms with Gasteiger partial charge in [-0.05, 0) is 17.7 Å². The van der Waals surface area contributed by atoms with E-state index in [1.54, 1.807) is 0 Å². The number of ether oxygens (including phenoxy) is 1. The van der Waals surface area contributed by atoms with Crippen molar-refractivity contribution in [3.8, 4) is 5.75 Å². The zero-order valence-electron chi connectivity index (χ0n) is 7.43. The number of hydrogen-bond acceptors (Lipinski definition) is 3. The van der Waals surface area contributed by atoms with Gasteiger partial charge in [-0.15, -0.1) is 0 Å². The quantitative estimate of drug-likeness (QED) is 0.616. The Bertz CT molecular complexity index is 398. The number of halogens is 4. The summed E-state index contributed by atoms with van der Waals surface area (Å²) in [7, 11) is 1.23. The second kappa shape index (κ2) is 4.72. The molecule has 0 saturated carbocycles. The summed E-state index contributed by atoms with van der Waals surface area (Å²) in [6.45, 7) is 0. The molecule has 1 heterocycles. The van der Waals surface area contributed by atoms with Crippen LogP contribution in [0.3, 0.4) is 0 Å². The summed E-state index contributed by atoms with van der Waals surface area (Å²) in [6, 6.07) is 0.852. The normalized spacial score (nSPS) is 10.5. The highest BCUT2D eigenvalue weighted by Gasteiger charge is 2.20. The fraction of sp³-hybridized carbons (Fsp3) is 0.250. The van der Waals surface area contributed by atoms with Gasteiger partial charge in [-0.25, -0.2) is 13.8 Å². The minimum atomic E-state index is -2.83. The molecule has 0 N–H and O–H groups in total. The van der Waals surface area contributed by atoms with Crippen LogP contribution in [0.4, 0.5) is 8.78 Å². The summed E-state index contributed by atoms with van der Waals surface area (Å²) in [5.41, 5.74) is -0.848. The Kier molecular flexibility index (Phi) is 3.82. The summed E-state index contributed by atoms with van der Waals surface area (Å²) >= 11 is 10.7. The summed E-state index contributed by atoms with van der Waals surface area (Å²) in [5.74, 6) is -0.110. The number of carbonyl (C=O) groups is 1. The Morgan fingerprint density at radius 1 is 1.60 bits per heavy atom. The molecule has 0 radical (unpaired) electrons.